The van der Waals surface area contributed by atoms with Gasteiger partial charge in [-0.25, -0.2) is 9.97 Å². The van der Waals surface area contributed by atoms with Gasteiger partial charge in [0.1, 0.15) is 6.04 Å². The van der Waals surface area contributed by atoms with Crippen LogP contribution in [0.1, 0.15) is 32.4 Å². The number of ether oxygens (including phenoxy) is 1. The van der Waals surface area contributed by atoms with Crippen LogP contribution in [-0.4, -0.2) is 40.9 Å². The van der Waals surface area contributed by atoms with E-state index in [2.05, 4.69) is 22.2 Å². The Hall–Kier alpha value is -1.14. The Morgan fingerprint density at radius 3 is 2.95 bits per heavy atom. The highest BCUT2D eigenvalue weighted by atomic mass is 32.2. The summed E-state index contributed by atoms with van der Waals surface area (Å²) in [5.74, 6) is 0.607. The molecule has 1 N–H and O–H groups in total. The van der Waals surface area contributed by atoms with Gasteiger partial charge in [-0.3, -0.25) is 4.79 Å². The Bertz CT molecular complexity index is 415. The molecule has 0 aliphatic rings. The summed E-state index contributed by atoms with van der Waals surface area (Å²) in [5.41, 5.74) is 0.952. The van der Waals surface area contributed by atoms with Gasteiger partial charge in [0.2, 0.25) is 0 Å². The Morgan fingerprint density at radius 2 is 2.30 bits per heavy atom. The zero-order chi connectivity index (χ0) is 14.8. The van der Waals surface area contributed by atoms with E-state index >= 15 is 0 Å². The maximum absolute atomic E-state index is 11.8. The minimum absolute atomic E-state index is 0.174. The van der Waals surface area contributed by atoms with E-state index in [9.17, 15) is 4.79 Å². The molecule has 1 aromatic heterocycles. The highest BCUT2D eigenvalue weighted by Gasteiger charge is 2.18. The molecule has 0 spiro atoms. The van der Waals surface area contributed by atoms with Crippen molar-refractivity contribution in [1.29, 1.82) is 0 Å². The van der Waals surface area contributed by atoms with Gasteiger partial charge < -0.3 is 10.1 Å². The molecular formula is C14H23N3O2S. The van der Waals surface area contributed by atoms with Crippen LogP contribution in [0.4, 0.5) is 0 Å². The molecule has 0 fully saturated rings. The molecule has 0 saturated heterocycles. The minimum Gasteiger partial charge on any atom is -0.465 e. The average Bonchev–Trinajstić information content (AvgIpc) is 2.43. The number of aryl methyl sites for hydroxylation is 1. The number of nitrogens with one attached hydrogen (secondary N) is 1. The maximum Gasteiger partial charge on any atom is 0.323 e. The molecule has 1 aromatic rings. The molecule has 0 aliphatic heterocycles. The molecule has 0 radical (unpaired) electrons. The summed E-state index contributed by atoms with van der Waals surface area (Å²) in [7, 11) is 0. The van der Waals surface area contributed by atoms with E-state index in [4.69, 9.17) is 4.74 Å². The van der Waals surface area contributed by atoms with Crippen LogP contribution in [0.3, 0.4) is 0 Å². The van der Waals surface area contributed by atoms with Crippen LogP contribution in [0.2, 0.25) is 0 Å². The number of carbonyl (C=O) groups is 1. The van der Waals surface area contributed by atoms with E-state index in [1.807, 2.05) is 19.9 Å². The zero-order valence-corrected chi connectivity index (χ0v) is 13.2. The van der Waals surface area contributed by atoms with Crippen molar-refractivity contribution >= 4 is 17.7 Å². The van der Waals surface area contributed by atoms with Gasteiger partial charge in [0.25, 0.3) is 0 Å². The number of thioether (sulfide) groups is 1. The molecule has 0 aliphatic carbocycles. The number of carbonyl (C=O) groups excluding carboxylic acids is 1. The first-order valence-corrected chi connectivity index (χ1v) is 7.98. The predicted molar refractivity (Wildman–Crippen MR) is 80.8 cm³/mol. The van der Waals surface area contributed by atoms with Crippen molar-refractivity contribution in [2.75, 3.05) is 18.9 Å². The third kappa shape index (κ3) is 6.34. The van der Waals surface area contributed by atoms with Crippen LogP contribution in [-0.2, 0) is 9.53 Å². The van der Waals surface area contributed by atoms with Crippen molar-refractivity contribution < 1.29 is 9.53 Å². The fourth-order valence-electron chi connectivity index (χ4n) is 1.63. The molecule has 0 aromatic carbocycles. The maximum atomic E-state index is 11.8. The number of esters is 1. The second kappa shape index (κ2) is 9.72. The minimum atomic E-state index is -0.243. The Balaban J connectivity index is 2.42. The SMILES string of the molecule is CCCNC(CCSc1nccc(C)n1)C(=O)OCC. The van der Waals surface area contributed by atoms with E-state index in [0.29, 0.717) is 13.0 Å². The summed E-state index contributed by atoms with van der Waals surface area (Å²) < 4.78 is 5.08. The van der Waals surface area contributed by atoms with Gasteiger partial charge in [0, 0.05) is 17.6 Å². The highest BCUT2D eigenvalue weighted by molar-refractivity contribution is 7.99. The normalized spacial score (nSPS) is 12.2. The predicted octanol–water partition coefficient (Wildman–Crippen LogP) is 2.20. The van der Waals surface area contributed by atoms with Gasteiger partial charge in [-0.15, -0.1) is 0 Å². The van der Waals surface area contributed by atoms with Gasteiger partial charge in [-0.2, -0.15) is 0 Å². The topological polar surface area (TPSA) is 64.1 Å². The van der Waals surface area contributed by atoms with Gasteiger partial charge in [-0.1, -0.05) is 18.7 Å². The molecule has 1 unspecified atom stereocenters. The van der Waals surface area contributed by atoms with E-state index in [0.717, 1.165) is 29.6 Å². The van der Waals surface area contributed by atoms with Crippen molar-refractivity contribution in [3.63, 3.8) is 0 Å². The van der Waals surface area contributed by atoms with Crippen LogP contribution in [0.15, 0.2) is 17.4 Å². The number of aromatic nitrogens is 2. The number of nitrogens with zero attached hydrogens (tertiary/aromatic N) is 2. The fourth-order valence-corrected chi connectivity index (χ4v) is 2.51. The molecule has 1 heterocycles. The molecular weight excluding hydrogens is 274 g/mol. The molecule has 6 heteroatoms. The van der Waals surface area contributed by atoms with Crippen molar-refractivity contribution in [3.05, 3.63) is 18.0 Å². The lowest BCUT2D eigenvalue weighted by Gasteiger charge is -2.16. The van der Waals surface area contributed by atoms with E-state index in [1.54, 1.807) is 18.0 Å². The third-order valence-electron chi connectivity index (χ3n) is 2.62. The van der Waals surface area contributed by atoms with Crippen molar-refractivity contribution in [2.24, 2.45) is 0 Å². The molecule has 112 valence electrons. The second-order valence-corrected chi connectivity index (χ2v) is 5.44. The van der Waals surface area contributed by atoms with Crippen molar-refractivity contribution in [3.8, 4) is 0 Å². The van der Waals surface area contributed by atoms with E-state index in [1.165, 1.54) is 0 Å². The van der Waals surface area contributed by atoms with Crippen LogP contribution in [0.25, 0.3) is 0 Å². The first kappa shape index (κ1) is 16.9. The lowest BCUT2D eigenvalue weighted by atomic mass is 10.2. The molecule has 0 amide bonds. The molecule has 0 saturated carbocycles. The molecule has 0 bridgehead atoms. The first-order valence-electron chi connectivity index (χ1n) is 6.99. The number of hydrogen-bond acceptors (Lipinski definition) is 6. The van der Waals surface area contributed by atoms with Gasteiger partial charge in [0.15, 0.2) is 5.16 Å². The molecule has 5 nitrogen and oxygen atoms in total. The lowest BCUT2D eigenvalue weighted by Crippen LogP contribution is -2.39. The third-order valence-corrected chi connectivity index (χ3v) is 3.52. The summed E-state index contributed by atoms with van der Waals surface area (Å²) in [6.45, 7) is 7.07. The molecule has 1 atom stereocenters. The lowest BCUT2D eigenvalue weighted by molar-refractivity contribution is -0.145. The quantitative estimate of drug-likeness (QED) is 0.428. The summed E-state index contributed by atoms with van der Waals surface area (Å²) >= 11 is 1.56. The number of rotatable bonds is 9. The van der Waals surface area contributed by atoms with E-state index in [-0.39, 0.29) is 12.0 Å². The zero-order valence-electron chi connectivity index (χ0n) is 12.4. The van der Waals surface area contributed by atoms with Crippen LogP contribution in [0.5, 0.6) is 0 Å². The monoisotopic (exact) mass is 297 g/mol. The van der Waals surface area contributed by atoms with Crippen molar-refractivity contribution in [1.82, 2.24) is 15.3 Å². The van der Waals surface area contributed by atoms with Gasteiger partial charge in [0.05, 0.1) is 6.61 Å². The Kier molecular flexibility index (Phi) is 8.22. The van der Waals surface area contributed by atoms with Gasteiger partial charge in [-0.05, 0) is 39.3 Å². The fraction of sp³-hybridized carbons (Fsp3) is 0.643. The number of hydrogen-bond donors (Lipinski definition) is 1. The van der Waals surface area contributed by atoms with Gasteiger partial charge >= 0.3 is 5.97 Å². The average molecular weight is 297 g/mol. The summed E-state index contributed by atoms with van der Waals surface area (Å²) in [6, 6.07) is 1.63. The van der Waals surface area contributed by atoms with Crippen LogP contribution >= 0.6 is 11.8 Å². The standard InChI is InChI=1S/C14H23N3O2S/c1-4-8-15-12(13(18)19-5-2)7-10-20-14-16-9-6-11(3)17-14/h6,9,12,15H,4-5,7-8,10H2,1-3H3. The Morgan fingerprint density at radius 1 is 1.50 bits per heavy atom. The Labute approximate surface area is 124 Å². The highest BCUT2D eigenvalue weighted by Crippen LogP contribution is 2.15. The van der Waals surface area contributed by atoms with E-state index < -0.39 is 0 Å². The molecule has 20 heavy (non-hydrogen) atoms. The smallest absolute Gasteiger partial charge is 0.323 e. The first-order chi connectivity index (χ1) is 9.67. The summed E-state index contributed by atoms with van der Waals surface area (Å²) in [4.78, 5) is 20.3. The summed E-state index contributed by atoms with van der Waals surface area (Å²) in [6.07, 6.45) is 3.45. The second-order valence-electron chi connectivity index (χ2n) is 4.38. The molecule has 1 rings (SSSR count). The van der Waals surface area contributed by atoms with Crippen LogP contribution in [0, 0.1) is 6.92 Å². The summed E-state index contributed by atoms with van der Waals surface area (Å²) in [5, 5.41) is 3.98. The largest absolute Gasteiger partial charge is 0.465 e. The van der Waals surface area contributed by atoms with Crippen molar-refractivity contribution in [2.45, 2.75) is 44.8 Å². The van der Waals surface area contributed by atoms with Crippen LogP contribution < -0.4 is 5.32 Å².